The monoisotopic (exact) mass is 350 g/mol. The predicted octanol–water partition coefficient (Wildman–Crippen LogP) is 3.24. The summed E-state index contributed by atoms with van der Waals surface area (Å²) in [6.07, 6.45) is 3.93. The van der Waals surface area contributed by atoms with Crippen LogP contribution in [-0.4, -0.2) is 29.7 Å². The van der Waals surface area contributed by atoms with Crippen molar-refractivity contribution in [2.24, 2.45) is 0 Å². The maximum Gasteiger partial charge on any atom is 0.267 e. The van der Waals surface area contributed by atoms with Gasteiger partial charge in [-0.05, 0) is 47.4 Å². The van der Waals surface area contributed by atoms with Crippen molar-refractivity contribution in [3.05, 3.63) is 77.4 Å². The molecule has 0 atom stereocenters. The highest BCUT2D eigenvalue weighted by atomic mass is 16.5. The molecular weight excluding hydrogens is 328 g/mol. The Kier molecular flexibility index (Phi) is 5.39. The summed E-state index contributed by atoms with van der Waals surface area (Å²) >= 11 is 0. The minimum atomic E-state index is -0.546. The number of methoxy groups -OCH3 is 1. The van der Waals surface area contributed by atoms with E-state index in [2.05, 4.69) is 23.6 Å². The minimum Gasteiger partial charge on any atom is -0.497 e. The summed E-state index contributed by atoms with van der Waals surface area (Å²) in [6, 6.07) is 14.1. The molecule has 0 aromatic heterocycles. The Balaban J connectivity index is 1.78. The summed E-state index contributed by atoms with van der Waals surface area (Å²) in [4.78, 5) is 13.4. The van der Waals surface area contributed by atoms with Crippen LogP contribution in [0.3, 0.4) is 0 Å². The molecule has 2 aromatic rings. The van der Waals surface area contributed by atoms with Crippen molar-refractivity contribution in [2.45, 2.75) is 13.0 Å². The van der Waals surface area contributed by atoms with Gasteiger partial charge in [0.2, 0.25) is 0 Å². The molecule has 5 heteroatoms. The maximum absolute atomic E-state index is 11.1. The lowest BCUT2D eigenvalue weighted by atomic mass is 9.96. The molecule has 26 heavy (non-hydrogen) atoms. The molecule has 0 saturated carbocycles. The zero-order chi connectivity index (χ0) is 18.5. The average Bonchev–Trinajstić information content (AvgIpc) is 2.70. The number of nitrogens with one attached hydrogen (secondary N) is 1. The highest BCUT2D eigenvalue weighted by Gasteiger charge is 2.18. The standard InChI is InChI=1S/C21H22N2O3/c1-15(18-4-3-5-20(13-18)26-2)23-11-10-17-8-6-16(12-19(17)14-23)7-9-21(24)22-25/h3-9,12-13,25H,1,10-11,14H2,2H3,(H,22,24)/b9-7+. The summed E-state index contributed by atoms with van der Waals surface area (Å²) in [5.41, 5.74) is 7.05. The molecule has 0 aliphatic carbocycles. The Morgan fingerprint density at radius 3 is 2.88 bits per heavy atom. The lowest BCUT2D eigenvalue weighted by Crippen LogP contribution is -2.28. The molecule has 0 spiro atoms. The third kappa shape index (κ3) is 3.95. The lowest BCUT2D eigenvalue weighted by Gasteiger charge is -2.32. The fraction of sp³-hybridized carbons (Fsp3) is 0.190. The molecule has 0 fully saturated rings. The first-order chi connectivity index (χ1) is 12.6. The van der Waals surface area contributed by atoms with Crippen LogP contribution in [0.15, 0.2) is 55.1 Å². The zero-order valence-corrected chi connectivity index (χ0v) is 14.7. The number of rotatable bonds is 5. The van der Waals surface area contributed by atoms with E-state index in [0.29, 0.717) is 0 Å². The van der Waals surface area contributed by atoms with E-state index in [1.165, 1.54) is 17.2 Å². The molecule has 134 valence electrons. The second kappa shape index (κ2) is 7.89. The van der Waals surface area contributed by atoms with E-state index < -0.39 is 5.91 Å². The zero-order valence-electron chi connectivity index (χ0n) is 14.7. The summed E-state index contributed by atoms with van der Waals surface area (Å²) < 4.78 is 5.30. The molecule has 0 bridgehead atoms. The van der Waals surface area contributed by atoms with Gasteiger partial charge in [-0.1, -0.05) is 30.8 Å². The highest BCUT2D eigenvalue weighted by Crippen LogP contribution is 2.28. The largest absolute Gasteiger partial charge is 0.497 e. The molecule has 1 aliphatic rings. The van der Waals surface area contributed by atoms with Crippen LogP contribution in [0.5, 0.6) is 5.75 Å². The van der Waals surface area contributed by atoms with Gasteiger partial charge < -0.3 is 9.64 Å². The number of ether oxygens (including phenoxy) is 1. The third-order valence-electron chi connectivity index (χ3n) is 4.56. The molecule has 2 aromatic carbocycles. The van der Waals surface area contributed by atoms with E-state index in [-0.39, 0.29) is 0 Å². The Hall–Kier alpha value is -3.05. The number of fused-ring (bicyclic) bond motifs is 1. The smallest absolute Gasteiger partial charge is 0.267 e. The van der Waals surface area contributed by atoms with Crippen molar-refractivity contribution >= 4 is 17.7 Å². The first kappa shape index (κ1) is 17.8. The molecule has 1 aliphatic heterocycles. The Labute approximate surface area is 153 Å². The van der Waals surface area contributed by atoms with Gasteiger partial charge in [-0.3, -0.25) is 10.0 Å². The van der Waals surface area contributed by atoms with Crippen LogP contribution in [0.25, 0.3) is 11.8 Å². The van der Waals surface area contributed by atoms with Crippen LogP contribution in [-0.2, 0) is 17.8 Å². The quantitative estimate of drug-likeness (QED) is 0.494. The second-order valence-electron chi connectivity index (χ2n) is 6.19. The van der Waals surface area contributed by atoms with Gasteiger partial charge in [0.1, 0.15) is 5.75 Å². The van der Waals surface area contributed by atoms with Gasteiger partial charge in [0.25, 0.3) is 5.91 Å². The predicted molar refractivity (Wildman–Crippen MR) is 102 cm³/mol. The van der Waals surface area contributed by atoms with Crippen LogP contribution in [0.1, 0.15) is 22.3 Å². The van der Waals surface area contributed by atoms with Gasteiger partial charge in [-0.15, -0.1) is 0 Å². The second-order valence-corrected chi connectivity index (χ2v) is 6.19. The number of carbonyl (C=O) groups excluding carboxylic acids is 1. The van der Waals surface area contributed by atoms with E-state index in [9.17, 15) is 4.79 Å². The Bertz CT molecular complexity index is 858. The number of hydrogen-bond acceptors (Lipinski definition) is 4. The summed E-state index contributed by atoms with van der Waals surface area (Å²) in [5, 5.41) is 8.57. The van der Waals surface area contributed by atoms with Crippen LogP contribution in [0.4, 0.5) is 0 Å². The number of hydrogen-bond donors (Lipinski definition) is 2. The van der Waals surface area contributed by atoms with Gasteiger partial charge in [-0.25, -0.2) is 5.48 Å². The van der Waals surface area contributed by atoms with Crippen molar-refractivity contribution in [1.82, 2.24) is 10.4 Å². The molecule has 5 nitrogen and oxygen atoms in total. The normalized spacial score (nSPS) is 13.4. The van der Waals surface area contributed by atoms with E-state index >= 15 is 0 Å². The van der Waals surface area contributed by atoms with Crippen molar-refractivity contribution in [3.63, 3.8) is 0 Å². The fourth-order valence-corrected chi connectivity index (χ4v) is 3.11. The van der Waals surface area contributed by atoms with Crippen LogP contribution < -0.4 is 10.2 Å². The van der Waals surface area contributed by atoms with Gasteiger partial charge >= 0.3 is 0 Å². The van der Waals surface area contributed by atoms with Crippen molar-refractivity contribution in [2.75, 3.05) is 13.7 Å². The summed E-state index contributed by atoms with van der Waals surface area (Å²) in [7, 11) is 1.66. The van der Waals surface area contributed by atoms with Gasteiger partial charge in [-0.2, -0.15) is 0 Å². The Morgan fingerprint density at radius 2 is 2.12 bits per heavy atom. The van der Waals surface area contributed by atoms with E-state index in [1.807, 2.05) is 30.3 Å². The number of amides is 1. The average molecular weight is 350 g/mol. The number of carbonyl (C=O) groups is 1. The number of benzene rings is 2. The highest BCUT2D eigenvalue weighted by molar-refractivity contribution is 5.90. The maximum atomic E-state index is 11.1. The number of nitrogens with zero attached hydrogens (tertiary/aromatic N) is 1. The fourth-order valence-electron chi connectivity index (χ4n) is 3.11. The molecule has 0 saturated heterocycles. The van der Waals surface area contributed by atoms with Gasteiger partial charge in [0, 0.05) is 30.4 Å². The van der Waals surface area contributed by atoms with Crippen molar-refractivity contribution in [3.8, 4) is 5.75 Å². The van der Waals surface area contributed by atoms with Crippen LogP contribution >= 0.6 is 0 Å². The van der Waals surface area contributed by atoms with Crippen LogP contribution in [0.2, 0.25) is 0 Å². The SMILES string of the molecule is C=C(c1cccc(OC)c1)N1CCc2ccc(/C=C/C(=O)NO)cc2C1. The molecule has 0 unspecified atom stereocenters. The molecule has 2 N–H and O–H groups in total. The molecule has 0 radical (unpaired) electrons. The molecule has 1 amide bonds. The minimum absolute atomic E-state index is 0.546. The lowest BCUT2D eigenvalue weighted by molar-refractivity contribution is -0.124. The van der Waals surface area contributed by atoms with Crippen molar-refractivity contribution < 1.29 is 14.7 Å². The van der Waals surface area contributed by atoms with E-state index in [1.54, 1.807) is 18.7 Å². The van der Waals surface area contributed by atoms with Gasteiger partial charge in [0.15, 0.2) is 0 Å². The summed E-state index contributed by atoms with van der Waals surface area (Å²) in [6.45, 7) is 5.94. The Morgan fingerprint density at radius 1 is 1.27 bits per heavy atom. The number of hydroxylamine groups is 1. The van der Waals surface area contributed by atoms with E-state index in [4.69, 9.17) is 9.94 Å². The van der Waals surface area contributed by atoms with E-state index in [0.717, 1.165) is 42.1 Å². The molecule has 1 heterocycles. The first-order valence-electron chi connectivity index (χ1n) is 8.43. The van der Waals surface area contributed by atoms with Crippen LogP contribution in [0, 0.1) is 0 Å². The molecular formula is C21H22N2O3. The summed E-state index contributed by atoms with van der Waals surface area (Å²) in [5.74, 6) is 0.270. The van der Waals surface area contributed by atoms with Gasteiger partial charge in [0.05, 0.1) is 7.11 Å². The molecule has 3 rings (SSSR count). The van der Waals surface area contributed by atoms with Crippen molar-refractivity contribution in [1.29, 1.82) is 0 Å². The first-order valence-corrected chi connectivity index (χ1v) is 8.43. The topological polar surface area (TPSA) is 61.8 Å². The third-order valence-corrected chi connectivity index (χ3v) is 4.56.